The lowest BCUT2D eigenvalue weighted by Crippen LogP contribution is -2.49. The van der Waals surface area contributed by atoms with Crippen molar-refractivity contribution in [2.75, 3.05) is 26.2 Å². The van der Waals surface area contributed by atoms with E-state index in [1.165, 1.54) is 38.6 Å². The van der Waals surface area contributed by atoms with Gasteiger partial charge < -0.3 is 4.90 Å². The Bertz CT molecular complexity index is 532. The maximum Gasteiger partial charge on any atom is 0.226 e. The highest BCUT2D eigenvalue weighted by atomic mass is 16.2. The van der Waals surface area contributed by atoms with Gasteiger partial charge in [0, 0.05) is 31.6 Å². The van der Waals surface area contributed by atoms with E-state index < -0.39 is 0 Å². The number of nitrogens with zero attached hydrogens (tertiary/aromatic N) is 4. The van der Waals surface area contributed by atoms with Crippen LogP contribution in [0.3, 0.4) is 0 Å². The lowest BCUT2D eigenvalue weighted by atomic mass is 9.92. The summed E-state index contributed by atoms with van der Waals surface area (Å²) < 4.78 is 0. The number of amides is 1. The van der Waals surface area contributed by atoms with Gasteiger partial charge in [0.05, 0.1) is 5.92 Å². The summed E-state index contributed by atoms with van der Waals surface area (Å²) in [5.41, 5.74) is 0. The molecule has 132 valence electrons. The molecule has 0 spiro atoms. The Balaban J connectivity index is 1.31. The SMILES string of the molecule is O=C([C@@H]1CCCN(C2CCCC2)C1)N1CCC(c2ncn[nH]2)CC1. The molecule has 1 aromatic heterocycles. The Labute approximate surface area is 144 Å². The second kappa shape index (κ2) is 7.21. The molecule has 0 bridgehead atoms. The van der Waals surface area contributed by atoms with Crippen molar-refractivity contribution in [1.82, 2.24) is 25.0 Å². The van der Waals surface area contributed by atoms with Crippen LogP contribution in [-0.4, -0.2) is 63.1 Å². The fourth-order valence-corrected chi connectivity index (χ4v) is 4.85. The molecule has 3 heterocycles. The van der Waals surface area contributed by atoms with Crippen LogP contribution in [0.1, 0.15) is 63.1 Å². The Morgan fingerprint density at radius 2 is 1.83 bits per heavy atom. The van der Waals surface area contributed by atoms with Crippen molar-refractivity contribution in [2.45, 2.75) is 63.3 Å². The molecule has 0 radical (unpaired) electrons. The number of aromatic nitrogens is 3. The number of piperidine rings is 2. The molecule has 4 rings (SSSR count). The molecule has 1 N–H and O–H groups in total. The normalized spacial score (nSPS) is 27.7. The average molecular weight is 331 g/mol. The molecule has 6 heteroatoms. The number of hydrogen-bond donors (Lipinski definition) is 1. The molecule has 1 amide bonds. The number of carbonyl (C=O) groups is 1. The minimum atomic E-state index is 0.223. The van der Waals surface area contributed by atoms with Gasteiger partial charge in [-0.25, -0.2) is 4.98 Å². The van der Waals surface area contributed by atoms with Crippen LogP contribution in [0, 0.1) is 5.92 Å². The van der Waals surface area contributed by atoms with Gasteiger partial charge in [-0.2, -0.15) is 5.10 Å². The predicted molar refractivity (Wildman–Crippen MR) is 91.5 cm³/mol. The summed E-state index contributed by atoms with van der Waals surface area (Å²) in [6, 6.07) is 0.748. The third-order valence-corrected chi connectivity index (χ3v) is 6.27. The summed E-state index contributed by atoms with van der Waals surface area (Å²) in [4.78, 5) is 22.0. The van der Waals surface area contributed by atoms with Gasteiger partial charge >= 0.3 is 0 Å². The van der Waals surface area contributed by atoms with Gasteiger partial charge in [0.25, 0.3) is 0 Å². The lowest BCUT2D eigenvalue weighted by molar-refractivity contribution is -0.138. The maximum atomic E-state index is 13.0. The first-order chi connectivity index (χ1) is 11.8. The van der Waals surface area contributed by atoms with Gasteiger partial charge in [-0.05, 0) is 45.1 Å². The Hall–Kier alpha value is -1.43. The number of likely N-dealkylation sites (tertiary alicyclic amines) is 2. The van der Waals surface area contributed by atoms with Gasteiger partial charge in [-0.3, -0.25) is 14.8 Å². The van der Waals surface area contributed by atoms with Crippen molar-refractivity contribution in [1.29, 1.82) is 0 Å². The molecule has 0 unspecified atom stereocenters. The summed E-state index contributed by atoms with van der Waals surface area (Å²) >= 11 is 0. The number of rotatable bonds is 3. The fraction of sp³-hybridized carbons (Fsp3) is 0.833. The van der Waals surface area contributed by atoms with Crippen LogP contribution in [0.25, 0.3) is 0 Å². The van der Waals surface area contributed by atoms with Gasteiger partial charge in [-0.1, -0.05) is 12.8 Å². The highest BCUT2D eigenvalue weighted by Crippen LogP contribution is 2.30. The highest BCUT2D eigenvalue weighted by Gasteiger charge is 2.34. The quantitative estimate of drug-likeness (QED) is 0.922. The van der Waals surface area contributed by atoms with E-state index in [2.05, 4.69) is 25.0 Å². The van der Waals surface area contributed by atoms with E-state index in [-0.39, 0.29) is 5.92 Å². The van der Waals surface area contributed by atoms with Gasteiger partial charge in [0.2, 0.25) is 5.91 Å². The Kier molecular flexibility index (Phi) is 4.83. The molecule has 2 aliphatic heterocycles. The molecular weight excluding hydrogens is 302 g/mol. The Morgan fingerprint density at radius 1 is 1.04 bits per heavy atom. The monoisotopic (exact) mass is 331 g/mol. The minimum absolute atomic E-state index is 0.223. The number of carbonyl (C=O) groups excluding carboxylic acids is 1. The van der Waals surface area contributed by atoms with Gasteiger partial charge in [-0.15, -0.1) is 0 Å². The average Bonchev–Trinajstić information content (AvgIpc) is 3.35. The first-order valence-electron chi connectivity index (χ1n) is 9.69. The van der Waals surface area contributed by atoms with Crippen molar-refractivity contribution >= 4 is 5.91 Å². The third-order valence-electron chi connectivity index (χ3n) is 6.27. The van der Waals surface area contributed by atoms with Crippen LogP contribution in [0.2, 0.25) is 0 Å². The number of nitrogens with one attached hydrogen (secondary N) is 1. The smallest absolute Gasteiger partial charge is 0.226 e. The lowest BCUT2D eigenvalue weighted by Gasteiger charge is -2.39. The molecule has 24 heavy (non-hydrogen) atoms. The fourth-order valence-electron chi connectivity index (χ4n) is 4.85. The molecule has 1 aromatic rings. The van der Waals surface area contributed by atoms with E-state index in [1.54, 1.807) is 6.33 Å². The van der Waals surface area contributed by atoms with E-state index in [1.807, 2.05) is 0 Å². The van der Waals surface area contributed by atoms with Crippen LogP contribution >= 0.6 is 0 Å². The zero-order valence-electron chi connectivity index (χ0n) is 14.5. The van der Waals surface area contributed by atoms with E-state index in [9.17, 15) is 4.79 Å². The van der Waals surface area contributed by atoms with Crippen LogP contribution in [0.4, 0.5) is 0 Å². The predicted octanol–water partition coefficient (Wildman–Crippen LogP) is 2.17. The van der Waals surface area contributed by atoms with Crippen LogP contribution in [-0.2, 0) is 4.79 Å². The second-order valence-electron chi connectivity index (χ2n) is 7.74. The zero-order chi connectivity index (χ0) is 16.4. The molecule has 3 fully saturated rings. The van der Waals surface area contributed by atoms with Crippen LogP contribution < -0.4 is 0 Å². The first kappa shape index (κ1) is 16.1. The van der Waals surface area contributed by atoms with Crippen molar-refractivity contribution in [3.8, 4) is 0 Å². The van der Waals surface area contributed by atoms with Crippen LogP contribution in [0.5, 0.6) is 0 Å². The molecule has 1 saturated carbocycles. The van der Waals surface area contributed by atoms with E-state index in [4.69, 9.17) is 0 Å². The van der Waals surface area contributed by atoms with Crippen molar-refractivity contribution in [2.24, 2.45) is 5.92 Å². The number of H-pyrrole nitrogens is 1. The van der Waals surface area contributed by atoms with Crippen molar-refractivity contribution in [3.05, 3.63) is 12.2 Å². The molecule has 0 aromatic carbocycles. The largest absolute Gasteiger partial charge is 0.342 e. The molecule has 3 aliphatic rings. The van der Waals surface area contributed by atoms with E-state index in [0.29, 0.717) is 11.8 Å². The maximum absolute atomic E-state index is 13.0. The summed E-state index contributed by atoms with van der Waals surface area (Å²) in [6.07, 6.45) is 11.2. The minimum Gasteiger partial charge on any atom is -0.342 e. The zero-order valence-corrected chi connectivity index (χ0v) is 14.5. The molecular formula is C18H29N5O. The van der Waals surface area contributed by atoms with Crippen molar-refractivity contribution < 1.29 is 4.79 Å². The van der Waals surface area contributed by atoms with Gasteiger partial charge in [0.1, 0.15) is 12.2 Å². The summed E-state index contributed by atoms with van der Waals surface area (Å²) in [5, 5.41) is 6.93. The van der Waals surface area contributed by atoms with Gasteiger partial charge in [0.15, 0.2) is 0 Å². The second-order valence-corrected chi connectivity index (χ2v) is 7.74. The van der Waals surface area contributed by atoms with Crippen molar-refractivity contribution in [3.63, 3.8) is 0 Å². The van der Waals surface area contributed by atoms with Crippen LogP contribution in [0.15, 0.2) is 6.33 Å². The highest BCUT2D eigenvalue weighted by molar-refractivity contribution is 5.79. The summed E-state index contributed by atoms with van der Waals surface area (Å²) in [7, 11) is 0. The topological polar surface area (TPSA) is 65.1 Å². The first-order valence-corrected chi connectivity index (χ1v) is 9.69. The number of hydrogen-bond acceptors (Lipinski definition) is 4. The molecule has 2 saturated heterocycles. The molecule has 6 nitrogen and oxygen atoms in total. The number of aromatic amines is 1. The Morgan fingerprint density at radius 3 is 2.54 bits per heavy atom. The molecule has 1 atom stereocenters. The summed E-state index contributed by atoms with van der Waals surface area (Å²) in [5.74, 6) is 2.03. The summed E-state index contributed by atoms with van der Waals surface area (Å²) in [6.45, 7) is 3.92. The standard InChI is InChI=1S/C18H29N5O/c24-18(15-4-3-9-23(12-15)16-5-1-2-6-16)22-10-7-14(8-11-22)17-19-13-20-21-17/h13-16H,1-12H2,(H,19,20,21)/t15-/m1/s1. The third kappa shape index (κ3) is 3.34. The molecule has 1 aliphatic carbocycles. The van der Waals surface area contributed by atoms with E-state index >= 15 is 0 Å². The van der Waals surface area contributed by atoms with E-state index in [0.717, 1.165) is 50.8 Å².